The highest BCUT2D eigenvalue weighted by Crippen LogP contribution is 2.16. The van der Waals surface area contributed by atoms with Crippen LogP contribution in [-0.2, 0) is 11.2 Å². The molecule has 132 valence electrons. The summed E-state index contributed by atoms with van der Waals surface area (Å²) in [6, 6.07) is 14.5. The van der Waals surface area contributed by atoms with Gasteiger partial charge >= 0.3 is 0 Å². The summed E-state index contributed by atoms with van der Waals surface area (Å²) in [7, 11) is 0. The number of amides is 1. The number of aryl methyl sites for hydroxylation is 2. The van der Waals surface area contributed by atoms with Gasteiger partial charge in [0.1, 0.15) is 0 Å². The van der Waals surface area contributed by atoms with Crippen molar-refractivity contribution in [1.82, 2.24) is 4.98 Å². The van der Waals surface area contributed by atoms with Gasteiger partial charge in [-0.25, -0.2) is 0 Å². The summed E-state index contributed by atoms with van der Waals surface area (Å²) in [5.41, 5.74) is 3.58. The number of Topliss-reactive ketones (excluding diaryl/α,β-unsaturated/α-hetero) is 1. The summed E-state index contributed by atoms with van der Waals surface area (Å²) < 4.78 is 0. The number of carbonyl (C=O) groups is 2. The topological polar surface area (TPSA) is 79.0 Å². The van der Waals surface area contributed by atoms with Gasteiger partial charge < -0.3 is 10.3 Å². The maximum Gasteiger partial charge on any atom is 0.251 e. The standard InChI is InChI=1S/C21H20N2O3/c1-13-10-17-11-15(6-8-19(17)23-21(13)26)7-9-20(25)22-18-5-3-4-16(12-18)14(2)24/h3-6,8,10-12H,7,9H2,1-2H3,(H,22,25)(H,23,26). The molecule has 0 saturated carbocycles. The molecular formula is C21H20N2O3. The molecule has 3 rings (SSSR count). The van der Waals surface area contributed by atoms with Crippen LogP contribution in [0.15, 0.2) is 53.3 Å². The number of rotatable bonds is 5. The van der Waals surface area contributed by atoms with Crippen molar-refractivity contribution in [2.45, 2.75) is 26.7 Å². The molecule has 0 atom stereocenters. The SMILES string of the molecule is CC(=O)c1cccc(NC(=O)CCc2ccc3[nH]c(=O)c(C)cc3c2)c1. The van der Waals surface area contributed by atoms with Crippen LogP contribution in [0.2, 0.25) is 0 Å². The zero-order valence-corrected chi connectivity index (χ0v) is 14.8. The fourth-order valence-corrected chi connectivity index (χ4v) is 2.82. The van der Waals surface area contributed by atoms with E-state index < -0.39 is 0 Å². The first-order valence-electron chi connectivity index (χ1n) is 8.46. The predicted octanol–water partition coefficient (Wildman–Crippen LogP) is 3.61. The third kappa shape index (κ3) is 4.06. The van der Waals surface area contributed by atoms with Crippen molar-refractivity contribution in [1.29, 1.82) is 0 Å². The van der Waals surface area contributed by atoms with Crippen LogP contribution >= 0.6 is 0 Å². The monoisotopic (exact) mass is 348 g/mol. The van der Waals surface area contributed by atoms with Gasteiger partial charge in [0.15, 0.2) is 5.78 Å². The summed E-state index contributed by atoms with van der Waals surface area (Å²) in [5, 5.41) is 3.78. The first kappa shape index (κ1) is 17.6. The average molecular weight is 348 g/mol. The van der Waals surface area contributed by atoms with E-state index in [2.05, 4.69) is 10.3 Å². The number of hydrogen-bond donors (Lipinski definition) is 2. The van der Waals surface area contributed by atoms with E-state index in [4.69, 9.17) is 0 Å². The zero-order chi connectivity index (χ0) is 18.7. The summed E-state index contributed by atoms with van der Waals surface area (Å²) in [6.07, 6.45) is 0.921. The molecule has 0 aliphatic carbocycles. The van der Waals surface area contributed by atoms with Crippen LogP contribution < -0.4 is 10.9 Å². The number of anilines is 1. The van der Waals surface area contributed by atoms with E-state index in [1.165, 1.54) is 6.92 Å². The molecule has 1 amide bonds. The number of ketones is 1. The second kappa shape index (κ2) is 7.35. The zero-order valence-electron chi connectivity index (χ0n) is 14.8. The van der Waals surface area contributed by atoms with Crippen molar-refractivity contribution in [2.24, 2.45) is 0 Å². The minimum Gasteiger partial charge on any atom is -0.326 e. The Morgan fingerprint density at radius 3 is 2.65 bits per heavy atom. The Morgan fingerprint density at radius 1 is 1.08 bits per heavy atom. The average Bonchev–Trinajstić information content (AvgIpc) is 2.61. The molecule has 0 unspecified atom stereocenters. The van der Waals surface area contributed by atoms with Crippen LogP contribution in [-0.4, -0.2) is 16.7 Å². The van der Waals surface area contributed by atoms with Gasteiger partial charge in [0, 0.05) is 28.8 Å². The lowest BCUT2D eigenvalue weighted by atomic mass is 10.1. The molecule has 0 bridgehead atoms. The van der Waals surface area contributed by atoms with Crippen molar-refractivity contribution in [3.8, 4) is 0 Å². The minimum absolute atomic E-state index is 0.0365. The number of benzene rings is 2. The van der Waals surface area contributed by atoms with Gasteiger partial charge in [-0.2, -0.15) is 0 Å². The van der Waals surface area contributed by atoms with Crippen molar-refractivity contribution >= 4 is 28.3 Å². The summed E-state index contributed by atoms with van der Waals surface area (Å²) >= 11 is 0. The van der Waals surface area contributed by atoms with Crippen molar-refractivity contribution in [3.63, 3.8) is 0 Å². The fraction of sp³-hybridized carbons (Fsp3) is 0.190. The molecule has 0 aliphatic heterocycles. The Kier molecular flexibility index (Phi) is 4.98. The molecular weight excluding hydrogens is 328 g/mol. The van der Waals surface area contributed by atoms with Gasteiger partial charge in [0.05, 0.1) is 0 Å². The number of hydrogen-bond acceptors (Lipinski definition) is 3. The molecule has 1 heterocycles. The van der Waals surface area contributed by atoms with E-state index in [0.717, 1.165) is 16.5 Å². The van der Waals surface area contributed by atoms with Crippen LogP contribution in [0.3, 0.4) is 0 Å². The van der Waals surface area contributed by atoms with E-state index >= 15 is 0 Å². The number of pyridine rings is 1. The quantitative estimate of drug-likeness (QED) is 0.691. The van der Waals surface area contributed by atoms with E-state index in [-0.39, 0.29) is 17.2 Å². The van der Waals surface area contributed by atoms with Crippen LogP contribution in [0.1, 0.15) is 34.8 Å². The number of aromatic nitrogens is 1. The summed E-state index contributed by atoms with van der Waals surface area (Å²) in [6.45, 7) is 3.27. The van der Waals surface area contributed by atoms with E-state index in [1.54, 1.807) is 31.2 Å². The lowest BCUT2D eigenvalue weighted by molar-refractivity contribution is -0.116. The minimum atomic E-state index is -0.108. The second-order valence-corrected chi connectivity index (χ2v) is 6.39. The molecule has 2 N–H and O–H groups in total. The molecule has 1 aromatic heterocycles. The van der Waals surface area contributed by atoms with E-state index in [0.29, 0.717) is 29.7 Å². The number of nitrogens with one attached hydrogen (secondary N) is 2. The van der Waals surface area contributed by atoms with Gasteiger partial charge in [-0.05, 0) is 61.5 Å². The Hall–Kier alpha value is -3.21. The highest BCUT2D eigenvalue weighted by atomic mass is 16.1. The van der Waals surface area contributed by atoms with Gasteiger partial charge in [0.25, 0.3) is 5.56 Å². The highest BCUT2D eigenvalue weighted by molar-refractivity contribution is 5.97. The first-order valence-corrected chi connectivity index (χ1v) is 8.46. The molecule has 2 aromatic carbocycles. The van der Waals surface area contributed by atoms with Crippen molar-refractivity contribution in [3.05, 3.63) is 75.6 Å². The van der Waals surface area contributed by atoms with E-state index in [1.807, 2.05) is 24.3 Å². The molecule has 5 heteroatoms. The maximum absolute atomic E-state index is 12.2. The Bertz CT molecular complexity index is 1050. The predicted molar refractivity (Wildman–Crippen MR) is 103 cm³/mol. The van der Waals surface area contributed by atoms with Gasteiger partial charge in [-0.3, -0.25) is 14.4 Å². The second-order valence-electron chi connectivity index (χ2n) is 6.39. The highest BCUT2D eigenvalue weighted by Gasteiger charge is 2.07. The Morgan fingerprint density at radius 2 is 1.88 bits per heavy atom. The Balaban J connectivity index is 1.66. The number of H-pyrrole nitrogens is 1. The van der Waals surface area contributed by atoms with Crippen molar-refractivity contribution in [2.75, 3.05) is 5.32 Å². The van der Waals surface area contributed by atoms with Crippen molar-refractivity contribution < 1.29 is 9.59 Å². The number of fused-ring (bicyclic) bond motifs is 1. The third-order valence-corrected chi connectivity index (χ3v) is 4.29. The molecule has 0 saturated heterocycles. The maximum atomic E-state index is 12.2. The molecule has 0 spiro atoms. The van der Waals surface area contributed by atoms with Gasteiger partial charge in [0.2, 0.25) is 5.91 Å². The lowest BCUT2D eigenvalue weighted by Gasteiger charge is -2.07. The molecule has 0 radical (unpaired) electrons. The summed E-state index contributed by atoms with van der Waals surface area (Å²) in [4.78, 5) is 38.1. The molecule has 26 heavy (non-hydrogen) atoms. The molecule has 0 aliphatic rings. The molecule has 3 aromatic rings. The fourth-order valence-electron chi connectivity index (χ4n) is 2.82. The van der Waals surface area contributed by atoms with Crippen LogP contribution in [0.25, 0.3) is 10.9 Å². The number of carbonyl (C=O) groups excluding carboxylic acids is 2. The van der Waals surface area contributed by atoms with Gasteiger partial charge in [-0.15, -0.1) is 0 Å². The van der Waals surface area contributed by atoms with Crippen LogP contribution in [0, 0.1) is 6.92 Å². The smallest absolute Gasteiger partial charge is 0.251 e. The van der Waals surface area contributed by atoms with Crippen LogP contribution in [0.5, 0.6) is 0 Å². The van der Waals surface area contributed by atoms with E-state index in [9.17, 15) is 14.4 Å². The van der Waals surface area contributed by atoms with Gasteiger partial charge in [-0.1, -0.05) is 18.2 Å². The third-order valence-electron chi connectivity index (χ3n) is 4.29. The molecule has 0 fully saturated rings. The summed E-state index contributed by atoms with van der Waals surface area (Å²) in [5.74, 6) is -0.144. The van der Waals surface area contributed by atoms with Crippen LogP contribution in [0.4, 0.5) is 5.69 Å². The largest absolute Gasteiger partial charge is 0.326 e. The number of aromatic amines is 1. The normalized spacial score (nSPS) is 10.7. The molecule has 5 nitrogen and oxygen atoms in total. The lowest BCUT2D eigenvalue weighted by Crippen LogP contribution is -2.13. The first-order chi connectivity index (χ1) is 12.4. The Labute approximate surface area is 151 Å².